The van der Waals surface area contributed by atoms with Crippen LogP contribution in [0.15, 0.2) is 42.2 Å². The topological polar surface area (TPSA) is 90.9 Å². The fraction of sp³-hybridized carbons (Fsp3) is 0.423. The van der Waals surface area contributed by atoms with Crippen LogP contribution in [0.1, 0.15) is 53.5 Å². The number of carbonyl (C=O) groups is 1. The summed E-state index contributed by atoms with van der Waals surface area (Å²) >= 11 is 5.95. The molecule has 0 atom stereocenters. The first-order valence-electron chi connectivity index (χ1n) is 11.5. The van der Waals surface area contributed by atoms with Crippen molar-refractivity contribution in [3.63, 3.8) is 0 Å². The van der Waals surface area contributed by atoms with E-state index >= 15 is 0 Å². The third kappa shape index (κ3) is 5.40. The molecule has 1 N–H and O–H groups in total. The van der Waals surface area contributed by atoms with Crippen molar-refractivity contribution in [2.24, 2.45) is 0 Å². The summed E-state index contributed by atoms with van der Waals surface area (Å²) in [6, 6.07) is 11.4. The van der Waals surface area contributed by atoms with Crippen molar-refractivity contribution in [1.82, 2.24) is 5.32 Å². The van der Waals surface area contributed by atoms with E-state index in [-0.39, 0.29) is 23.3 Å². The van der Waals surface area contributed by atoms with Gasteiger partial charge in [-0.1, -0.05) is 41.4 Å². The lowest BCUT2D eigenvalue weighted by molar-refractivity contribution is -0.116. The van der Waals surface area contributed by atoms with Gasteiger partial charge >= 0.3 is 10.4 Å². The Balaban J connectivity index is 1.63. The van der Waals surface area contributed by atoms with Crippen LogP contribution in [-0.4, -0.2) is 33.1 Å². The molecule has 1 heterocycles. The van der Waals surface area contributed by atoms with E-state index in [1.165, 1.54) is 0 Å². The van der Waals surface area contributed by atoms with Crippen molar-refractivity contribution in [1.29, 1.82) is 0 Å². The number of rotatable bonds is 7. The fourth-order valence-corrected chi connectivity index (χ4v) is 5.78. The Bertz CT molecular complexity index is 1240. The zero-order chi connectivity index (χ0) is 25.4. The Morgan fingerprint density at radius 1 is 1.06 bits per heavy atom. The summed E-state index contributed by atoms with van der Waals surface area (Å²) in [5.41, 5.74) is 3.83. The minimum Gasteiger partial charge on any atom is -0.374 e. The van der Waals surface area contributed by atoms with Gasteiger partial charge in [0.25, 0.3) is 5.91 Å². The van der Waals surface area contributed by atoms with Crippen molar-refractivity contribution >= 4 is 33.5 Å². The lowest BCUT2D eigenvalue weighted by Gasteiger charge is -2.38. The fourth-order valence-electron chi connectivity index (χ4n) is 5.14. The molecular formula is C26H30ClNO6S. The molecule has 0 bridgehead atoms. The molecular weight excluding hydrogens is 490 g/mol. The number of carbonyl (C=O) groups excluding carboxylic acids is 1. The second-order valence-electron chi connectivity index (χ2n) is 9.31. The van der Waals surface area contributed by atoms with Crippen molar-refractivity contribution in [2.75, 3.05) is 7.11 Å². The van der Waals surface area contributed by atoms with E-state index in [1.807, 2.05) is 57.2 Å². The minimum atomic E-state index is -4.33. The molecule has 1 saturated carbocycles. The van der Waals surface area contributed by atoms with Gasteiger partial charge in [-0.25, -0.2) is 4.18 Å². The molecule has 9 heteroatoms. The van der Waals surface area contributed by atoms with Crippen LogP contribution < -0.4 is 5.32 Å². The number of amides is 1. The summed E-state index contributed by atoms with van der Waals surface area (Å²) in [5, 5.41) is 3.73. The number of hydrogen-bond acceptors (Lipinski definition) is 6. The molecule has 2 aromatic rings. The highest BCUT2D eigenvalue weighted by atomic mass is 35.5. The summed E-state index contributed by atoms with van der Waals surface area (Å²) in [7, 11) is -3.29. The Morgan fingerprint density at radius 2 is 1.66 bits per heavy atom. The number of halogens is 1. The third-order valence-corrected chi connectivity index (χ3v) is 7.77. The predicted molar refractivity (Wildman–Crippen MR) is 134 cm³/mol. The van der Waals surface area contributed by atoms with Gasteiger partial charge in [0.2, 0.25) is 0 Å². The van der Waals surface area contributed by atoms with Crippen LogP contribution in [0.25, 0.3) is 5.57 Å². The standard InChI is InChI=1S/C26H30ClNO6S/c1-16-13-17(2)22(18(3)14-16)23-24(34-35(30,31)32-4)26(28-25(23)29)11-9-21(10-12-26)33-15-19-5-7-20(27)8-6-19/h5-8,13-14,21H,9-12,15H2,1-4H3,(H,28,29). The lowest BCUT2D eigenvalue weighted by atomic mass is 9.79. The van der Waals surface area contributed by atoms with E-state index in [0.29, 0.717) is 42.9 Å². The molecule has 1 spiro atoms. The second kappa shape index (κ2) is 9.93. The average molecular weight is 520 g/mol. The van der Waals surface area contributed by atoms with E-state index in [2.05, 4.69) is 9.50 Å². The number of nitrogens with one attached hydrogen (secondary N) is 1. The molecule has 0 radical (unpaired) electrons. The van der Waals surface area contributed by atoms with Gasteiger partial charge in [-0.15, -0.1) is 0 Å². The first-order chi connectivity index (χ1) is 16.5. The van der Waals surface area contributed by atoms with Gasteiger partial charge in [-0.05, 0) is 80.8 Å². The first-order valence-corrected chi connectivity index (χ1v) is 13.3. The maximum Gasteiger partial charge on any atom is 0.448 e. The molecule has 0 saturated heterocycles. The number of aryl methyl sites for hydroxylation is 3. The van der Waals surface area contributed by atoms with Crippen LogP contribution in [0.4, 0.5) is 0 Å². The minimum absolute atomic E-state index is 0.0274. The smallest absolute Gasteiger partial charge is 0.374 e. The van der Waals surface area contributed by atoms with Gasteiger partial charge in [-0.3, -0.25) is 4.79 Å². The van der Waals surface area contributed by atoms with Crippen molar-refractivity contribution in [3.05, 3.63) is 75.0 Å². The van der Waals surface area contributed by atoms with Crippen LogP contribution in [0.5, 0.6) is 0 Å². The zero-order valence-corrected chi connectivity index (χ0v) is 21.9. The third-order valence-electron chi connectivity index (χ3n) is 6.74. The maximum absolute atomic E-state index is 13.3. The van der Waals surface area contributed by atoms with Crippen molar-refractivity contribution in [3.8, 4) is 0 Å². The van der Waals surface area contributed by atoms with Crippen molar-refractivity contribution < 1.29 is 26.3 Å². The molecule has 35 heavy (non-hydrogen) atoms. The van der Waals surface area contributed by atoms with Crippen LogP contribution >= 0.6 is 11.6 Å². The Kier molecular flexibility index (Phi) is 7.29. The highest BCUT2D eigenvalue weighted by Crippen LogP contribution is 2.45. The SMILES string of the molecule is COS(=O)(=O)OC1=C(c2c(C)cc(C)cc2C)C(=O)NC12CCC(OCc1ccc(Cl)cc1)CC2. The van der Waals surface area contributed by atoms with Crippen LogP contribution in [0, 0.1) is 20.8 Å². The summed E-state index contributed by atoms with van der Waals surface area (Å²) in [4.78, 5) is 13.3. The monoisotopic (exact) mass is 519 g/mol. The van der Waals surface area contributed by atoms with Gasteiger partial charge in [0, 0.05) is 5.02 Å². The van der Waals surface area contributed by atoms with E-state index in [4.69, 9.17) is 20.5 Å². The van der Waals surface area contributed by atoms with E-state index in [1.54, 1.807) is 0 Å². The van der Waals surface area contributed by atoms with Gasteiger partial charge in [0.05, 0.1) is 25.4 Å². The molecule has 0 aromatic heterocycles. The largest absolute Gasteiger partial charge is 0.448 e. The molecule has 4 rings (SSSR count). The maximum atomic E-state index is 13.3. The molecule has 1 amide bonds. The predicted octanol–water partition coefficient (Wildman–Crippen LogP) is 4.91. The molecule has 1 fully saturated rings. The number of hydrogen-bond donors (Lipinski definition) is 1. The Labute approximate surface area is 211 Å². The molecule has 2 aliphatic rings. The quantitative estimate of drug-likeness (QED) is 0.558. The van der Waals surface area contributed by atoms with Crippen LogP contribution in [-0.2, 0) is 34.9 Å². The molecule has 7 nitrogen and oxygen atoms in total. The molecule has 2 aromatic carbocycles. The van der Waals surface area contributed by atoms with E-state index < -0.39 is 15.9 Å². The first kappa shape index (κ1) is 25.7. The molecule has 188 valence electrons. The summed E-state index contributed by atoms with van der Waals surface area (Å²) in [6.07, 6.45) is 2.19. The highest BCUT2D eigenvalue weighted by Gasteiger charge is 2.51. The Hall–Kier alpha value is -2.39. The van der Waals surface area contributed by atoms with Gasteiger partial charge in [-0.2, -0.15) is 8.42 Å². The number of ether oxygens (including phenoxy) is 1. The van der Waals surface area contributed by atoms with Gasteiger partial charge in [0.15, 0.2) is 5.76 Å². The Morgan fingerprint density at radius 3 is 2.23 bits per heavy atom. The van der Waals surface area contributed by atoms with Gasteiger partial charge < -0.3 is 14.2 Å². The van der Waals surface area contributed by atoms with E-state index in [0.717, 1.165) is 29.4 Å². The van der Waals surface area contributed by atoms with E-state index in [9.17, 15) is 13.2 Å². The zero-order valence-electron chi connectivity index (χ0n) is 20.3. The molecule has 0 unspecified atom stereocenters. The highest BCUT2D eigenvalue weighted by molar-refractivity contribution is 7.82. The lowest BCUT2D eigenvalue weighted by Crippen LogP contribution is -2.49. The van der Waals surface area contributed by atoms with Crippen molar-refractivity contribution in [2.45, 2.75) is 64.7 Å². The van der Waals surface area contributed by atoms with Crippen LogP contribution in [0.2, 0.25) is 5.02 Å². The second-order valence-corrected chi connectivity index (χ2v) is 11.1. The average Bonchev–Trinajstić information content (AvgIpc) is 3.04. The summed E-state index contributed by atoms with van der Waals surface area (Å²) < 4.78 is 41.0. The van der Waals surface area contributed by atoms with Gasteiger partial charge in [0.1, 0.15) is 5.54 Å². The number of benzene rings is 2. The molecule has 1 aliphatic carbocycles. The summed E-state index contributed by atoms with van der Waals surface area (Å²) in [5.74, 6) is -0.238. The van der Waals surface area contributed by atoms with Crippen LogP contribution in [0.3, 0.4) is 0 Å². The normalized spacial score (nSPS) is 22.5. The summed E-state index contributed by atoms with van der Waals surface area (Å²) in [6.45, 7) is 6.24. The molecule has 1 aliphatic heterocycles.